The van der Waals surface area contributed by atoms with Crippen LogP contribution in [0, 0.1) is 29.4 Å². The van der Waals surface area contributed by atoms with Gasteiger partial charge in [0.15, 0.2) is 0 Å². The van der Waals surface area contributed by atoms with Gasteiger partial charge in [0, 0.05) is 18.6 Å². The van der Waals surface area contributed by atoms with Gasteiger partial charge in [-0.3, -0.25) is 14.9 Å². The number of carbonyl (C=O) groups is 1. The van der Waals surface area contributed by atoms with Gasteiger partial charge in [-0.25, -0.2) is 0 Å². The fraction of sp³-hybridized carbons (Fsp3) is 0.182. The molecular weight excluding hydrogens is 208 g/mol. The average molecular weight is 218 g/mol. The van der Waals surface area contributed by atoms with E-state index in [1.165, 1.54) is 19.1 Å². The third kappa shape index (κ3) is 2.36. The fourth-order valence-corrected chi connectivity index (χ4v) is 1.31. The van der Waals surface area contributed by atoms with Crippen molar-refractivity contribution in [3.63, 3.8) is 0 Å². The Bertz CT molecular complexity index is 501. The zero-order valence-corrected chi connectivity index (χ0v) is 8.90. The second-order valence-corrected chi connectivity index (χ2v) is 3.27. The van der Waals surface area contributed by atoms with Crippen molar-refractivity contribution in [2.45, 2.75) is 13.8 Å². The Morgan fingerprint density at radius 2 is 2.19 bits per heavy atom. The van der Waals surface area contributed by atoms with E-state index in [1.54, 1.807) is 6.92 Å². The van der Waals surface area contributed by atoms with Gasteiger partial charge in [0.25, 0.3) is 5.69 Å². The minimum absolute atomic E-state index is 0.0537. The van der Waals surface area contributed by atoms with Gasteiger partial charge >= 0.3 is 0 Å². The molecule has 0 saturated heterocycles. The number of nitro benzene ring substituents is 1. The van der Waals surface area contributed by atoms with E-state index in [0.29, 0.717) is 16.8 Å². The van der Waals surface area contributed by atoms with Crippen molar-refractivity contribution in [3.8, 4) is 12.3 Å². The van der Waals surface area contributed by atoms with E-state index in [2.05, 4.69) is 11.2 Å². The van der Waals surface area contributed by atoms with Crippen LogP contribution < -0.4 is 5.32 Å². The molecule has 0 radical (unpaired) electrons. The van der Waals surface area contributed by atoms with Crippen molar-refractivity contribution < 1.29 is 9.72 Å². The molecule has 5 heteroatoms. The van der Waals surface area contributed by atoms with Gasteiger partial charge in [0.2, 0.25) is 5.91 Å². The summed E-state index contributed by atoms with van der Waals surface area (Å²) >= 11 is 0. The highest BCUT2D eigenvalue weighted by molar-refractivity contribution is 5.90. The molecule has 1 N–H and O–H groups in total. The Kier molecular flexibility index (Phi) is 3.26. The minimum atomic E-state index is -0.506. The summed E-state index contributed by atoms with van der Waals surface area (Å²) in [7, 11) is 0. The molecule has 0 bridgehead atoms. The molecule has 0 aliphatic heterocycles. The Balaban J connectivity index is 3.33. The molecule has 0 fully saturated rings. The number of nitrogens with one attached hydrogen (secondary N) is 1. The molecule has 82 valence electrons. The number of terminal acetylenes is 1. The minimum Gasteiger partial charge on any atom is -0.325 e. The SMILES string of the molecule is C#Cc1cc([N+](=O)[O-])c(C)cc1NC(C)=O. The maximum Gasteiger partial charge on any atom is 0.273 e. The number of hydrogen-bond acceptors (Lipinski definition) is 3. The van der Waals surface area contributed by atoms with Crippen molar-refractivity contribution in [2.75, 3.05) is 5.32 Å². The average Bonchev–Trinajstić information content (AvgIpc) is 2.16. The molecule has 0 aliphatic rings. The molecule has 1 amide bonds. The second kappa shape index (κ2) is 4.45. The highest BCUT2D eigenvalue weighted by atomic mass is 16.6. The van der Waals surface area contributed by atoms with Crippen LogP contribution in [0.5, 0.6) is 0 Å². The molecule has 1 aromatic carbocycles. The van der Waals surface area contributed by atoms with Crippen LogP contribution >= 0.6 is 0 Å². The zero-order valence-electron chi connectivity index (χ0n) is 8.90. The molecule has 0 atom stereocenters. The Labute approximate surface area is 92.6 Å². The number of carbonyl (C=O) groups excluding carboxylic acids is 1. The lowest BCUT2D eigenvalue weighted by atomic mass is 10.1. The summed E-state index contributed by atoms with van der Waals surface area (Å²) in [6.45, 7) is 2.93. The predicted octanol–water partition coefficient (Wildman–Crippen LogP) is 1.84. The predicted molar refractivity (Wildman–Crippen MR) is 60.1 cm³/mol. The topological polar surface area (TPSA) is 72.2 Å². The number of nitrogens with zero attached hydrogens (tertiary/aromatic N) is 1. The van der Waals surface area contributed by atoms with Gasteiger partial charge in [-0.1, -0.05) is 5.92 Å². The highest BCUT2D eigenvalue weighted by Gasteiger charge is 2.14. The molecule has 0 aromatic heterocycles. The lowest BCUT2D eigenvalue weighted by Gasteiger charge is -2.07. The lowest BCUT2D eigenvalue weighted by molar-refractivity contribution is -0.385. The first-order chi connectivity index (χ1) is 7.45. The van der Waals surface area contributed by atoms with Gasteiger partial charge < -0.3 is 5.32 Å². The van der Waals surface area contributed by atoms with Crippen LogP contribution in [0.15, 0.2) is 12.1 Å². The molecule has 0 spiro atoms. The van der Waals surface area contributed by atoms with Gasteiger partial charge in [0.1, 0.15) is 0 Å². The van der Waals surface area contributed by atoms with E-state index in [0.717, 1.165) is 0 Å². The molecule has 0 aliphatic carbocycles. The quantitative estimate of drug-likeness (QED) is 0.467. The van der Waals surface area contributed by atoms with Crippen LogP contribution in [0.1, 0.15) is 18.1 Å². The molecule has 1 aromatic rings. The van der Waals surface area contributed by atoms with Crippen LogP contribution in [0.25, 0.3) is 0 Å². The first-order valence-electron chi connectivity index (χ1n) is 4.49. The third-order valence-electron chi connectivity index (χ3n) is 2.00. The Hall–Kier alpha value is -2.35. The van der Waals surface area contributed by atoms with E-state index in [4.69, 9.17) is 6.42 Å². The zero-order chi connectivity index (χ0) is 12.3. The van der Waals surface area contributed by atoms with E-state index in [-0.39, 0.29) is 11.6 Å². The summed E-state index contributed by atoms with van der Waals surface area (Å²) in [5.74, 6) is 2.03. The van der Waals surface area contributed by atoms with Crippen molar-refractivity contribution in [2.24, 2.45) is 0 Å². The van der Waals surface area contributed by atoms with E-state index < -0.39 is 4.92 Å². The van der Waals surface area contributed by atoms with Crippen molar-refractivity contribution >= 4 is 17.3 Å². The Morgan fingerprint density at radius 3 is 2.62 bits per heavy atom. The summed E-state index contributed by atoms with van der Waals surface area (Å²) in [5.41, 5.74) is 1.11. The number of anilines is 1. The van der Waals surface area contributed by atoms with E-state index in [1.807, 2.05) is 0 Å². The van der Waals surface area contributed by atoms with Crippen molar-refractivity contribution in [1.29, 1.82) is 0 Å². The molecule has 1 rings (SSSR count). The molecule has 16 heavy (non-hydrogen) atoms. The number of hydrogen-bond donors (Lipinski definition) is 1. The number of benzene rings is 1. The van der Waals surface area contributed by atoms with E-state index >= 15 is 0 Å². The standard InChI is InChI=1S/C11H10N2O3/c1-4-9-6-11(13(15)16)7(2)5-10(9)12-8(3)14/h1,5-6H,2-3H3,(H,12,14). The second-order valence-electron chi connectivity index (χ2n) is 3.27. The third-order valence-corrected chi connectivity index (χ3v) is 2.00. The van der Waals surface area contributed by atoms with Crippen LogP contribution in [0.4, 0.5) is 11.4 Å². The van der Waals surface area contributed by atoms with Crippen LogP contribution in [0.3, 0.4) is 0 Å². The van der Waals surface area contributed by atoms with E-state index in [9.17, 15) is 14.9 Å². The molecule has 0 unspecified atom stereocenters. The number of rotatable bonds is 2. The maximum atomic E-state index is 10.9. The molecule has 0 heterocycles. The summed E-state index contributed by atoms with van der Waals surface area (Å²) in [5, 5.41) is 13.2. The van der Waals surface area contributed by atoms with Gasteiger partial charge in [0.05, 0.1) is 16.2 Å². The van der Waals surface area contributed by atoms with Gasteiger partial charge in [-0.2, -0.15) is 0 Å². The summed E-state index contributed by atoms with van der Waals surface area (Å²) in [4.78, 5) is 21.1. The first kappa shape index (κ1) is 11.7. The van der Waals surface area contributed by atoms with Gasteiger partial charge in [-0.15, -0.1) is 6.42 Å². The van der Waals surface area contributed by atoms with Crippen LogP contribution in [-0.2, 0) is 4.79 Å². The normalized spacial score (nSPS) is 9.31. The molecule has 0 saturated carbocycles. The lowest BCUT2D eigenvalue weighted by Crippen LogP contribution is -2.08. The largest absolute Gasteiger partial charge is 0.325 e. The fourth-order valence-electron chi connectivity index (χ4n) is 1.31. The monoisotopic (exact) mass is 218 g/mol. The maximum absolute atomic E-state index is 10.9. The molecular formula is C11H10N2O3. The number of nitro groups is 1. The van der Waals surface area contributed by atoms with Gasteiger partial charge in [-0.05, 0) is 13.0 Å². The summed E-state index contributed by atoms with van der Waals surface area (Å²) in [6.07, 6.45) is 5.22. The first-order valence-corrected chi connectivity index (χ1v) is 4.49. The Morgan fingerprint density at radius 1 is 1.56 bits per heavy atom. The smallest absolute Gasteiger partial charge is 0.273 e. The van der Waals surface area contributed by atoms with Crippen LogP contribution in [0.2, 0.25) is 0 Å². The van der Waals surface area contributed by atoms with Crippen molar-refractivity contribution in [1.82, 2.24) is 0 Å². The number of aryl methyl sites for hydroxylation is 1. The molecule has 5 nitrogen and oxygen atoms in total. The van der Waals surface area contributed by atoms with Crippen LogP contribution in [-0.4, -0.2) is 10.8 Å². The number of amides is 1. The summed E-state index contributed by atoms with van der Waals surface area (Å²) < 4.78 is 0. The van der Waals surface area contributed by atoms with Crippen molar-refractivity contribution in [3.05, 3.63) is 33.4 Å². The highest BCUT2D eigenvalue weighted by Crippen LogP contribution is 2.25. The summed E-state index contributed by atoms with van der Waals surface area (Å²) in [6, 6.07) is 2.77.